The lowest BCUT2D eigenvalue weighted by atomic mass is 9.93. The number of aryl methyl sites for hydroxylation is 1. The van der Waals surface area contributed by atoms with Crippen LogP contribution in [-0.2, 0) is 12.6 Å². The highest BCUT2D eigenvalue weighted by Gasteiger charge is 2.49. The zero-order valence-electron chi connectivity index (χ0n) is 28.1. The lowest BCUT2D eigenvalue weighted by Crippen LogP contribution is -2.61. The van der Waals surface area contributed by atoms with Gasteiger partial charge in [0.2, 0.25) is 0 Å². The third kappa shape index (κ3) is 4.97. The van der Waals surface area contributed by atoms with Gasteiger partial charge in [-0.05, 0) is 67.8 Å². The van der Waals surface area contributed by atoms with E-state index in [-0.39, 0.29) is 59.0 Å². The van der Waals surface area contributed by atoms with Gasteiger partial charge in [-0.1, -0.05) is 13.0 Å². The van der Waals surface area contributed by atoms with Gasteiger partial charge in [-0.25, -0.2) is 8.78 Å². The number of pyridine rings is 1. The van der Waals surface area contributed by atoms with Crippen LogP contribution in [0.25, 0.3) is 27.4 Å². The van der Waals surface area contributed by atoms with E-state index in [2.05, 4.69) is 15.3 Å². The number of alkyl halides is 4. The van der Waals surface area contributed by atoms with Crippen molar-refractivity contribution in [1.82, 2.24) is 24.8 Å². The molecule has 7 heterocycles. The van der Waals surface area contributed by atoms with Crippen molar-refractivity contribution in [3.8, 4) is 17.4 Å². The lowest BCUT2D eigenvalue weighted by molar-refractivity contribution is -0.142. The summed E-state index contributed by atoms with van der Waals surface area (Å²) in [4.78, 5) is 26.9. The van der Waals surface area contributed by atoms with Gasteiger partial charge >= 0.3 is 12.2 Å². The number of aromatic hydroxyl groups is 1. The highest BCUT2D eigenvalue weighted by atomic mass is 19.4. The predicted octanol–water partition coefficient (Wildman–Crippen LogP) is 5.26. The lowest BCUT2D eigenvalue weighted by Gasteiger charge is -2.46. The molecule has 2 unspecified atom stereocenters. The van der Waals surface area contributed by atoms with Gasteiger partial charge in [0.25, 0.3) is 5.56 Å². The molecule has 9 rings (SSSR count). The van der Waals surface area contributed by atoms with Gasteiger partial charge in [0.15, 0.2) is 0 Å². The predicted molar refractivity (Wildman–Crippen MR) is 169 cm³/mol. The fourth-order valence-corrected chi connectivity index (χ4v) is 8.23. The van der Waals surface area contributed by atoms with Gasteiger partial charge in [0, 0.05) is 49.6 Å². The smallest absolute Gasteiger partial charge is 0.431 e. The summed E-state index contributed by atoms with van der Waals surface area (Å²) in [5.74, 6) is -1.14. The van der Waals surface area contributed by atoms with Crippen LogP contribution in [0.3, 0.4) is 0 Å². The SMILES string of the molecule is [2H]C([2H])(Oc1nc(N2CC3CCC2CN3)c2cc(C(F)(F)F)n(-c3cc(O)cc4ccc(F)c(CC)c34)c(=O)c2n1)[C@@]12CCCN1C[C@H](F)C2. The quantitative estimate of drug-likeness (QED) is 0.268. The molecule has 2 N–H and O–H groups in total. The van der Waals surface area contributed by atoms with E-state index in [0.717, 1.165) is 24.6 Å². The standard InChI is InChI=1S/C34H35F5N6O3/c1-2-23-25(36)7-4-18-10-22(46)11-26(28(18)23)45-27(34(37,38)39)12-24-29(31(45)47)41-32(42-30(24)44-16-20-5-6-21(44)14-40-20)48-17-33-8-3-9-43(33)15-19(35)13-33/h4,7,10-12,19-21,40,46H,2-3,5-6,8-9,13-17H2,1H3/t19-,20?,21?,33+/m1/s1/i17D2. The molecule has 5 aliphatic heterocycles. The van der Waals surface area contributed by atoms with Crippen LogP contribution in [-0.4, -0.2) is 81.1 Å². The molecule has 9 nitrogen and oxygen atoms in total. The number of hydrogen-bond acceptors (Lipinski definition) is 8. The zero-order valence-corrected chi connectivity index (χ0v) is 26.1. The number of rotatable bonds is 6. The fraction of sp³-hybridized carbons (Fsp3) is 0.500. The van der Waals surface area contributed by atoms with Crippen molar-refractivity contribution in [3.63, 3.8) is 0 Å². The summed E-state index contributed by atoms with van der Waals surface area (Å²) in [5.41, 5.74) is -4.77. The van der Waals surface area contributed by atoms with Gasteiger partial charge in [-0.2, -0.15) is 23.1 Å². The van der Waals surface area contributed by atoms with E-state index in [1.807, 2.05) is 4.90 Å². The van der Waals surface area contributed by atoms with Crippen LogP contribution in [0.4, 0.5) is 27.8 Å². The van der Waals surface area contributed by atoms with Crippen LogP contribution in [0.15, 0.2) is 35.1 Å². The second-order valence-corrected chi connectivity index (χ2v) is 13.3. The molecule has 2 aromatic carbocycles. The molecule has 0 amide bonds. The highest BCUT2D eigenvalue weighted by Crippen LogP contribution is 2.42. The molecule has 4 aromatic rings. The van der Waals surface area contributed by atoms with Crippen LogP contribution in [0, 0.1) is 5.82 Å². The Bertz CT molecular complexity index is 2090. The van der Waals surface area contributed by atoms with Crippen molar-refractivity contribution in [1.29, 1.82) is 0 Å². The molecular formula is C34H35F5N6O3. The Hall–Kier alpha value is -4.04. The number of piperidine rings is 2. The summed E-state index contributed by atoms with van der Waals surface area (Å²) in [6, 6.07) is 4.77. The number of hydrogen-bond donors (Lipinski definition) is 2. The number of fused-ring (bicyclic) bond motifs is 6. The van der Waals surface area contributed by atoms with Crippen LogP contribution in [0.1, 0.15) is 53.0 Å². The first-order chi connectivity index (χ1) is 23.7. The zero-order chi connectivity index (χ0) is 35.3. The first-order valence-corrected chi connectivity index (χ1v) is 16.3. The van der Waals surface area contributed by atoms with Gasteiger partial charge in [0.05, 0.1) is 19.4 Å². The van der Waals surface area contributed by atoms with E-state index in [0.29, 0.717) is 43.5 Å². The molecular weight excluding hydrogens is 635 g/mol. The van der Waals surface area contributed by atoms with Crippen LogP contribution >= 0.6 is 0 Å². The first kappa shape index (κ1) is 28.9. The third-order valence-corrected chi connectivity index (χ3v) is 10.4. The summed E-state index contributed by atoms with van der Waals surface area (Å²) in [5, 5.41) is 14.0. The first-order valence-electron chi connectivity index (χ1n) is 17.3. The molecule has 4 atom stereocenters. The maximum Gasteiger partial charge on any atom is 0.431 e. The van der Waals surface area contributed by atoms with E-state index < -0.39 is 64.5 Å². The number of benzene rings is 2. The van der Waals surface area contributed by atoms with Crippen molar-refractivity contribution >= 4 is 27.5 Å². The Kier molecular flexibility index (Phi) is 6.79. The topological polar surface area (TPSA) is 95.8 Å². The average molecular weight is 673 g/mol. The van der Waals surface area contributed by atoms with E-state index in [1.165, 1.54) is 12.1 Å². The van der Waals surface area contributed by atoms with E-state index in [1.54, 1.807) is 11.8 Å². The van der Waals surface area contributed by atoms with Crippen LogP contribution in [0.2, 0.25) is 0 Å². The minimum atomic E-state index is -5.10. The number of nitrogens with one attached hydrogen (secondary N) is 1. The number of piperazine rings is 1. The molecule has 5 saturated heterocycles. The van der Waals surface area contributed by atoms with Gasteiger partial charge in [0.1, 0.15) is 41.3 Å². The molecule has 2 aromatic heterocycles. The van der Waals surface area contributed by atoms with Gasteiger partial charge in [-0.15, -0.1) is 0 Å². The molecule has 5 aliphatic rings. The largest absolute Gasteiger partial charge is 0.508 e. The van der Waals surface area contributed by atoms with Crippen molar-refractivity contribution in [3.05, 3.63) is 57.8 Å². The molecule has 0 spiro atoms. The molecule has 0 radical (unpaired) electrons. The summed E-state index contributed by atoms with van der Waals surface area (Å²) < 4.78 is 99.4. The number of ether oxygens (including phenoxy) is 1. The maximum atomic E-state index is 15.1. The molecule has 2 bridgehead atoms. The highest BCUT2D eigenvalue weighted by molar-refractivity contribution is 5.96. The third-order valence-electron chi connectivity index (χ3n) is 10.4. The maximum absolute atomic E-state index is 15.1. The molecule has 5 fully saturated rings. The van der Waals surface area contributed by atoms with Crippen LogP contribution < -0.4 is 20.5 Å². The van der Waals surface area contributed by atoms with E-state index in [9.17, 15) is 14.3 Å². The second kappa shape index (κ2) is 11.3. The molecule has 14 heteroatoms. The molecule has 0 aliphatic carbocycles. The number of anilines is 1. The van der Waals surface area contributed by atoms with Gasteiger partial charge < -0.3 is 20.1 Å². The fourth-order valence-electron chi connectivity index (χ4n) is 8.23. The Labute approximate surface area is 275 Å². The average Bonchev–Trinajstić information content (AvgIpc) is 3.62. The monoisotopic (exact) mass is 672 g/mol. The Morgan fingerprint density at radius 2 is 2.02 bits per heavy atom. The molecule has 48 heavy (non-hydrogen) atoms. The van der Waals surface area contributed by atoms with E-state index in [4.69, 9.17) is 7.48 Å². The second-order valence-electron chi connectivity index (χ2n) is 13.3. The Morgan fingerprint density at radius 3 is 2.73 bits per heavy atom. The van der Waals surface area contributed by atoms with Crippen molar-refractivity contribution in [2.75, 3.05) is 37.6 Å². The van der Waals surface area contributed by atoms with E-state index >= 15 is 17.6 Å². The van der Waals surface area contributed by atoms with Gasteiger partial charge in [-0.3, -0.25) is 14.3 Å². The molecule has 254 valence electrons. The minimum Gasteiger partial charge on any atom is -0.508 e. The van der Waals surface area contributed by atoms with Crippen molar-refractivity contribution in [2.45, 2.75) is 75.4 Å². The van der Waals surface area contributed by atoms with Crippen molar-refractivity contribution < 1.29 is 34.5 Å². The number of aromatic nitrogens is 3. The summed E-state index contributed by atoms with van der Waals surface area (Å²) >= 11 is 0. The van der Waals surface area contributed by atoms with Crippen molar-refractivity contribution in [2.24, 2.45) is 0 Å². The summed E-state index contributed by atoms with van der Waals surface area (Å²) in [7, 11) is 0. The Morgan fingerprint density at radius 1 is 1.19 bits per heavy atom. The minimum absolute atomic E-state index is 0.00946. The molecule has 0 saturated carbocycles. The normalized spacial score (nSPS) is 26.7. The summed E-state index contributed by atoms with van der Waals surface area (Å²) in [6.07, 6.45) is -3.95. The number of phenolic OH excluding ortho intramolecular Hbond substituents is 1. The van der Waals surface area contributed by atoms with Crippen LogP contribution in [0.5, 0.6) is 11.8 Å². The number of phenols is 1. The number of nitrogens with zero attached hydrogens (tertiary/aromatic N) is 5. The Balaban J connectivity index is 1.40. The summed E-state index contributed by atoms with van der Waals surface area (Å²) in [6.45, 7) is 0.497. The number of halogens is 5.